The van der Waals surface area contributed by atoms with Gasteiger partial charge in [-0.15, -0.1) is 11.3 Å². The number of carboxylic acids is 1. The van der Waals surface area contributed by atoms with Gasteiger partial charge in [0.05, 0.1) is 6.04 Å². The van der Waals surface area contributed by atoms with Crippen LogP contribution in [-0.4, -0.2) is 68.5 Å². The summed E-state index contributed by atoms with van der Waals surface area (Å²) in [5.74, 6) is -3.38. The number of rotatable bonds is 7. The van der Waals surface area contributed by atoms with Gasteiger partial charge in [0.1, 0.15) is 11.7 Å². The highest BCUT2D eigenvalue weighted by molar-refractivity contribution is 7.84. The summed E-state index contributed by atoms with van der Waals surface area (Å²) >= 11 is 0.980. The van der Waals surface area contributed by atoms with Crippen LogP contribution >= 0.6 is 11.3 Å². The van der Waals surface area contributed by atoms with E-state index in [9.17, 15) is 22.8 Å². The molecule has 1 aromatic heterocycles. The first-order valence-electron chi connectivity index (χ1n) is 7.58. The number of β-lactam (4-membered cyclic amide) rings is 1. The minimum absolute atomic E-state index is 0.0350. The molecule has 5 N–H and O–H groups in total. The number of aromatic nitrogens is 1. The van der Waals surface area contributed by atoms with Crippen molar-refractivity contribution in [2.24, 2.45) is 5.16 Å². The second kappa shape index (κ2) is 7.33. The lowest BCUT2D eigenvalue weighted by atomic mass is 10.0. The molecule has 28 heavy (non-hydrogen) atoms. The Labute approximate surface area is 163 Å². The molecule has 1 unspecified atom stereocenters. The molecule has 2 heterocycles. The minimum atomic E-state index is -4.76. The number of carbonyl (C=O) groups is 3. The zero-order valence-electron chi connectivity index (χ0n) is 14.8. The number of nitrogens with one attached hydrogen (secondary N) is 1. The number of nitrogens with zero attached hydrogens (tertiary/aromatic N) is 3. The van der Waals surface area contributed by atoms with Crippen LogP contribution in [0.5, 0.6) is 0 Å². The minimum Gasteiger partial charge on any atom is -0.478 e. The molecule has 2 amide bonds. The fourth-order valence-electron chi connectivity index (χ4n) is 2.11. The molecule has 1 aliphatic rings. The van der Waals surface area contributed by atoms with E-state index in [-0.39, 0.29) is 15.1 Å². The Morgan fingerprint density at radius 2 is 2.07 bits per heavy atom. The Morgan fingerprint density at radius 3 is 2.50 bits per heavy atom. The van der Waals surface area contributed by atoms with Crippen LogP contribution in [0.3, 0.4) is 0 Å². The summed E-state index contributed by atoms with van der Waals surface area (Å²) < 4.78 is 31.4. The largest absolute Gasteiger partial charge is 0.478 e. The van der Waals surface area contributed by atoms with Gasteiger partial charge in [-0.2, -0.15) is 8.42 Å². The van der Waals surface area contributed by atoms with Gasteiger partial charge in [-0.05, 0) is 20.8 Å². The number of nitrogens with two attached hydrogens (primary N) is 1. The van der Waals surface area contributed by atoms with Crippen LogP contribution < -0.4 is 11.1 Å². The van der Waals surface area contributed by atoms with Gasteiger partial charge < -0.3 is 21.0 Å². The lowest BCUT2D eigenvalue weighted by Gasteiger charge is -2.42. The zero-order chi connectivity index (χ0) is 21.4. The fourth-order valence-corrected chi connectivity index (χ4v) is 3.54. The van der Waals surface area contributed by atoms with Gasteiger partial charge in [0, 0.05) is 5.38 Å². The molecule has 2 atom stereocenters. The van der Waals surface area contributed by atoms with E-state index >= 15 is 0 Å². The fraction of sp³-hybridized carbons (Fsp3) is 0.462. The number of carbonyl (C=O) groups excluding carboxylic acids is 2. The summed E-state index contributed by atoms with van der Waals surface area (Å²) in [7, 11) is -4.76. The molecule has 1 saturated heterocycles. The predicted octanol–water partition coefficient (Wildman–Crippen LogP) is -1.17. The Kier molecular flexibility index (Phi) is 5.63. The number of anilines is 1. The molecule has 1 aromatic rings. The third-order valence-corrected chi connectivity index (χ3v) is 5.41. The van der Waals surface area contributed by atoms with Crippen molar-refractivity contribution in [2.75, 3.05) is 5.73 Å². The number of hydrogen-bond donors (Lipinski definition) is 4. The molecule has 2 rings (SSSR count). The molecule has 154 valence electrons. The number of hydrogen-bond acceptors (Lipinski definition) is 10. The van der Waals surface area contributed by atoms with E-state index in [0.717, 1.165) is 11.3 Å². The van der Waals surface area contributed by atoms with E-state index < -0.39 is 51.5 Å². The molecule has 0 aliphatic carbocycles. The molecule has 15 heteroatoms. The van der Waals surface area contributed by atoms with Gasteiger partial charge in [0.25, 0.3) is 11.8 Å². The van der Waals surface area contributed by atoms with Gasteiger partial charge in [-0.25, -0.2) is 14.1 Å². The Balaban J connectivity index is 2.26. The molecule has 0 spiro atoms. The van der Waals surface area contributed by atoms with Crippen molar-refractivity contribution >= 4 is 50.3 Å². The third kappa shape index (κ3) is 4.20. The van der Waals surface area contributed by atoms with Crippen molar-refractivity contribution in [2.45, 2.75) is 38.5 Å². The van der Waals surface area contributed by atoms with Crippen molar-refractivity contribution in [1.29, 1.82) is 0 Å². The number of amides is 2. The molecule has 1 fully saturated rings. The van der Waals surface area contributed by atoms with Crippen molar-refractivity contribution in [3.8, 4) is 0 Å². The first kappa shape index (κ1) is 21.5. The van der Waals surface area contributed by atoms with Gasteiger partial charge >= 0.3 is 16.3 Å². The van der Waals surface area contributed by atoms with E-state index in [1.807, 2.05) is 0 Å². The van der Waals surface area contributed by atoms with E-state index in [1.54, 1.807) is 0 Å². The monoisotopic (exact) mass is 435 g/mol. The van der Waals surface area contributed by atoms with Gasteiger partial charge in [0.2, 0.25) is 5.60 Å². The lowest BCUT2D eigenvalue weighted by Crippen LogP contribution is -2.71. The Bertz CT molecular complexity index is 954. The molecule has 0 bridgehead atoms. The maximum absolute atomic E-state index is 12.6. The molecular formula is C13H17N5O8S2. The van der Waals surface area contributed by atoms with Crippen LogP contribution in [0.4, 0.5) is 5.13 Å². The molecule has 13 nitrogen and oxygen atoms in total. The average molecular weight is 435 g/mol. The quantitative estimate of drug-likeness (QED) is 0.175. The van der Waals surface area contributed by atoms with E-state index in [2.05, 4.69) is 15.5 Å². The zero-order valence-corrected chi connectivity index (χ0v) is 16.4. The van der Waals surface area contributed by atoms with Crippen molar-refractivity contribution in [3.63, 3.8) is 0 Å². The highest BCUT2D eigenvalue weighted by Crippen LogP contribution is 2.23. The average Bonchev–Trinajstić information content (AvgIpc) is 2.97. The van der Waals surface area contributed by atoms with Gasteiger partial charge in [-0.1, -0.05) is 5.16 Å². The molecule has 0 aromatic carbocycles. The highest BCUT2D eigenvalue weighted by Gasteiger charge is 2.51. The molecule has 1 aliphatic heterocycles. The van der Waals surface area contributed by atoms with Crippen LogP contribution in [0, 0.1) is 0 Å². The summed E-state index contributed by atoms with van der Waals surface area (Å²) in [4.78, 5) is 44.4. The number of nitrogen functional groups attached to an aromatic ring is 1. The summed E-state index contributed by atoms with van der Waals surface area (Å²) in [6.07, 6.45) is 0. The van der Waals surface area contributed by atoms with Crippen LogP contribution in [0.25, 0.3) is 0 Å². The number of oxime groups is 1. The van der Waals surface area contributed by atoms with Crippen LogP contribution in [0.15, 0.2) is 10.5 Å². The highest BCUT2D eigenvalue weighted by atomic mass is 32.2. The molecular weight excluding hydrogens is 418 g/mol. The van der Waals surface area contributed by atoms with Crippen LogP contribution in [-0.2, 0) is 29.5 Å². The van der Waals surface area contributed by atoms with E-state index in [1.165, 1.54) is 26.2 Å². The standard InChI is InChI=1S/C13H17N5O8S2/c1-5-7(10(20)18(5)28(23,24)25)16-9(19)8(6-4-27-12(14)15-6)17-26-13(2,3)11(21)22/h4-5,7H,1-3H3,(H2,14,15)(H,16,19)(H,21,22)(H,23,24,25)/t5-,7?/m1/s1. The van der Waals surface area contributed by atoms with Gasteiger partial charge in [-0.3, -0.25) is 14.1 Å². The predicted molar refractivity (Wildman–Crippen MR) is 95.7 cm³/mol. The first-order valence-corrected chi connectivity index (χ1v) is 9.86. The second-order valence-corrected chi connectivity index (χ2v) is 8.40. The maximum atomic E-state index is 12.6. The van der Waals surface area contributed by atoms with Crippen LogP contribution in [0.1, 0.15) is 26.5 Å². The SMILES string of the molecule is C[C@@H]1C(NC(=O)C(=NOC(C)(C)C(=O)O)c2csc(N)n2)C(=O)N1S(=O)(=O)O. The van der Waals surface area contributed by atoms with E-state index in [4.69, 9.17) is 20.2 Å². The topological polar surface area (TPSA) is 202 Å². The summed E-state index contributed by atoms with van der Waals surface area (Å²) in [5.41, 5.74) is 3.26. The summed E-state index contributed by atoms with van der Waals surface area (Å²) in [6, 6.07) is -2.31. The Morgan fingerprint density at radius 1 is 1.46 bits per heavy atom. The van der Waals surface area contributed by atoms with Gasteiger partial charge in [0.15, 0.2) is 10.8 Å². The number of aliphatic carboxylic acids is 1. The summed E-state index contributed by atoms with van der Waals surface area (Å²) in [6.45, 7) is 3.69. The third-order valence-electron chi connectivity index (χ3n) is 3.73. The Hall–Kier alpha value is -2.78. The van der Waals surface area contributed by atoms with Crippen molar-refractivity contribution in [1.82, 2.24) is 14.6 Å². The maximum Gasteiger partial charge on any atom is 0.362 e. The van der Waals surface area contributed by atoms with Crippen molar-refractivity contribution < 1.29 is 37.3 Å². The number of carboxylic acid groups (broad SMARTS) is 1. The number of thiazole rings is 1. The summed E-state index contributed by atoms with van der Waals surface area (Å²) in [5, 5.41) is 16.3. The van der Waals surface area contributed by atoms with E-state index in [0.29, 0.717) is 0 Å². The smallest absolute Gasteiger partial charge is 0.362 e. The first-order chi connectivity index (χ1) is 12.8. The normalized spacial score (nSPS) is 20.5. The molecule has 0 radical (unpaired) electrons. The van der Waals surface area contributed by atoms with Crippen LogP contribution in [0.2, 0.25) is 0 Å². The molecule has 0 saturated carbocycles. The lowest BCUT2D eigenvalue weighted by molar-refractivity contribution is -0.161. The van der Waals surface area contributed by atoms with Crippen molar-refractivity contribution in [3.05, 3.63) is 11.1 Å². The second-order valence-electron chi connectivity index (χ2n) is 6.22.